The smallest absolute Gasteiger partial charge is 0.256 e. The average molecular weight is 396 g/mol. The molecule has 3 heterocycles. The maximum absolute atomic E-state index is 13.4. The second-order valence-corrected chi connectivity index (χ2v) is 7.75. The van der Waals surface area contributed by atoms with E-state index in [1.54, 1.807) is 16.7 Å². The Kier molecular flexibility index (Phi) is 4.96. The van der Waals surface area contributed by atoms with E-state index in [0.29, 0.717) is 17.1 Å². The molecule has 1 aromatic carbocycles. The summed E-state index contributed by atoms with van der Waals surface area (Å²) in [6.45, 7) is 5.88. The van der Waals surface area contributed by atoms with Gasteiger partial charge in [0.15, 0.2) is 6.10 Å². The molecular weight excluding hydrogens is 372 g/mol. The molecule has 4 rings (SSSR count). The number of hydrogen-bond acceptors (Lipinski definition) is 5. The quantitative estimate of drug-likeness (QED) is 0.844. The zero-order valence-corrected chi connectivity index (χ0v) is 16.7. The normalized spacial score (nSPS) is 21.6. The van der Waals surface area contributed by atoms with Crippen molar-refractivity contribution in [3.63, 3.8) is 0 Å². The molecule has 2 aliphatic heterocycles. The molecule has 8 heteroatoms. The Hall–Kier alpha value is -3.00. The van der Waals surface area contributed by atoms with Crippen LogP contribution in [0.4, 0.5) is 0 Å². The predicted octanol–water partition coefficient (Wildman–Crippen LogP) is 1.30. The number of aryl methyl sites for hydroxylation is 1. The molecule has 0 unspecified atom stereocenters. The van der Waals surface area contributed by atoms with E-state index < -0.39 is 12.1 Å². The lowest BCUT2D eigenvalue weighted by Gasteiger charge is -2.43. The third-order valence-electron chi connectivity index (χ3n) is 5.42. The zero-order chi connectivity index (χ0) is 20.7. The monoisotopic (exact) mass is 396 g/mol. The molecule has 2 aliphatic rings. The minimum absolute atomic E-state index is 0.0881. The van der Waals surface area contributed by atoms with Gasteiger partial charge in [-0.3, -0.25) is 14.4 Å². The van der Waals surface area contributed by atoms with Crippen LogP contribution in [-0.2, 0) is 27.4 Å². The number of rotatable bonds is 3. The fraction of sp³-hybridized carbons (Fsp3) is 0.429. The summed E-state index contributed by atoms with van der Waals surface area (Å²) < 4.78 is 5.78. The molecule has 1 fully saturated rings. The van der Waals surface area contributed by atoms with Crippen molar-refractivity contribution in [2.45, 2.75) is 52.0 Å². The number of benzene rings is 1. The summed E-state index contributed by atoms with van der Waals surface area (Å²) in [5, 5.41) is 0. The molecule has 1 N–H and O–H groups in total. The summed E-state index contributed by atoms with van der Waals surface area (Å²) in [7, 11) is 0. The van der Waals surface area contributed by atoms with Crippen molar-refractivity contribution in [2.24, 2.45) is 0 Å². The number of aromatic nitrogens is 2. The average Bonchev–Trinajstić information content (AvgIpc) is 3.12. The second kappa shape index (κ2) is 7.44. The van der Waals surface area contributed by atoms with E-state index in [9.17, 15) is 14.4 Å². The highest BCUT2D eigenvalue weighted by Gasteiger charge is 2.45. The van der Waals surface area contributed by atoms with Crippen molar-refractivity contribution >= 4 is 11.8 Å². The predicted molar refractivity (Wildman–Crippen MR) is 105 cm³/mol. The van der Waals surface area contributed by atoms with E-state index in [0.717, 1.165) is 5.56 Å². The number of carbonyl (C=O) groups excluding carboxylic acids is 2. The Balaban J connectivity index is 1.67. The summed E-state index contributed by atoms with van der Waals surface area (Å²) in [5.41, 5.74) is 1.75. The molecule has 0 aliphatic carbocycles. The maximum Gasteiger partial charge on any atom is 0.256 e. The Morgan fingerprint density at radius 2 is 1.93 bits per heavy atom. The first-order valence-corrected chi connectivity index (χ1v) is 9.72. The summed E-state index contributed by atoms with van der Waals surface area (Å²) in [6.07, 6.45) is -0.841. The van der Waals surface area contributed by atoms with Crippen LogP contribution in [0.25, 0.3) is 0 Å². The van der Waals surface area contributed by atoms with E-state index in [2.05, 4.69) is 9.97 Å². The number of H-pyrrole nitrogens is 1. The highest BCUT2D eigenvalue weighted by Crippen LogP contribution is 2.34. The lowest BCUT2D eigenvalue weighted by molar-refractivity contribution is -0.172. The lowest BCUT2D eigenvalue weighted by Crippen LogP contribution is -2.56. The van der Waals surface area contributed by atoms with Crippen LogP contribution in [0.2, 0.25) is 0 Å². The molecule has 29 heavy (non-hydrogen) atoms. The van der Waals surface area contributed by atoms with Crippen molar-refractivity contribution in [3.8, 4) is 0 Å². The molecule has 1 saturated heterocycles. The molecule has 0 bridgehead atoms. The number of morpholine rings is 1. The number of hydrogen-bond donors (Lipinski definition) is 1. The van der Waals surface area contributed by atoms with E-state index in [4.69, 9.17) is 4.74 Å². The summed E-state index contributed by atoms with van der Waals surface area (Å²) >= 11 is 0. The van der Waals surface area contributed by atoms with Crippen molar-refractivity contribution < 1.29 is 14.3 Å². The van der Waals surface area contributed by atoms with E-state index in [-0.39, 0.29) is 43.1 Å². The first kappa shape index (κ1) is 19.3. The van der Waals surface area contributed by atoms with Gasteiger partial charge in [-0.25, -0.2) is 4.98 Å². The Morgan fingerprint density at radius 3 is 2.62 bits per heavy atom. The Labute approximate surface area is 168 Å². The minimum atomic E-state index is -0.841. The molecule has 2 aromatic rings. The van der Waals surface area contributed by atoms with E-state index in [1.807, 2.05) is 44.2 Å². The molecule has 2 atom stereocenters. The van der Waals surface area contributed by atoms with Gasteiger partial charge < -0.3 is 19.5 Å². The van der Waals surface area contributed by atoms with Crippen LogP contribution in [0.3, 0.4) is 0 Å². The molecule has 0 radical (unpaired) electrons. The van der Waals surface area contributed by atoms with Gasteiger partial charge in [0, 0.05) is 6.04 Å². The van der Waals surface area contributed by atoms with Crippen LogP contribution in [-0.4, -0.2) is 50.3 Å². The van der Waals surface area contributed by atoms with Gasteiger partial charge in [-0.2, -0.15) is 0 Å². The topological polar surface area (TPSA) is 95.6 Å². The van der Waals surface area contributed by atoms with Gasteiger partial charge in [0.1, 0.15) is 12.4 Å². The number of aromatic amines is 1. The largest absolute Gasteiger partial charge is 0.356 e. The van der Waals surface area contributed by atoms with Gasteiger partial charge in [0.2, 0.25) is 5.91 Å². The van der Waals surface area contributed by atoms with Crippen LogP contribution in [0.5, 0.6) is 0 Å². The number of nitrogens with one attached hydrogen (secondary N) is 1. The van der Waals surface area contributed by atoms with E-state index >= 15 is 0 Å². The maximum atomic E-state index is 13.4. The fourth-order valence-electron chi connectivity index (χ4n) is 4.15. The van der Waals surface area contributed by atoms with Crippen LogP contribution in [0.15, 0.2) is 35.1 Å². The molecular formula is C21H24N4O4. The highest BCUT2D eigenvalue weighted by molar-refractivity contribution is 5.87. The molecule has 2 amide bonds. The zero-order valence-electron chi connectivity index (χ0n) is 16.7. The number of ether oxygens (including phenoxy) is 1. The standard InChI is InChI=1S/C21H24N4O4/c1-12(2)25-17(26)11-29-19(18(25)14-7-5-4-6-8-14)21(28)24-9-15-16(10-24)22-13(3)23-20(15)27/h4-8,12,18-19H,9-11H2,1-3H3,(H,22,23,27)/t18-,19+/m1/s1. The first-order valence-electron chi connectivity index (χ1n) is 9.72. The highest BCUT2D eigenvalue weighted by atomic mass is 16.5. The molecule has 0 saturated carbocycles. The Bertz CT molecular complexity index is 1000. The Morgan fingerprint density at radius 1 is 1.21 bits per heavy atom. The fourth-order valence-corrected chi connectivity index (χ4v) is 4.15. The number of carbonyl (C=O) groups is 2. The van der Waals surface area contributed by atoms with Crippen molar-refractivity contribution in [2.75, 3.05) is 6.61 Å². The molecule has 0 spiro atoms. The summed E-state index contributed by atoms with van der Waals surface area (Å²) in [6, 6.07) is 8.84. The van der Waals surface area contributed by atoms with Crippen molar-refractivity contribution in [3.05, 3.63) is 63.3 Å². The number of fused-ring (bicyclic) bond motifs is 1. The van der Waals surface area contributed by atoms with Crippen molar-refractivity contribution in [1.82, 2.24) is 19.8 Å². The second-order valence-electron chi connectivity index (χ2n) is 7.75. The van der Waals surface area contributed by atoms with Gasteiger partial charge in [-0.1, -0.05) is 30.3 Å². The van der Waals surface area contributed by atoms with Crippen LogP contribution in [0, 0.1) is 6.92 Å². The molecule has 8 nitrogen and oxygen atoms in total. The van der Waals surface area contributed by atoms with Crippen molar-refractivity contribution in [1.29, 1.82) is 0 Å². The number of amides is 2. The summed E-state index contributed by atoms with van der Waals surface area (Å²) in [4.78, 5) is 48.6. The third kappa shape index (κ3) is 3.44. The number of nitrogens with zero attached hydrogens (tertiary/aromatic N) is 3. The van der Waals surface area contributed by atoms with Crippen LogP contribution in [0.1, 0.15) is 42.5 Å². The molecule has 152 valence electrons. The first-order chi connectivity index (χ1) is 13.9. The van der Waals surface area contributed by atoms with Gasteiger partial charge in [-0.05, 0) is 26.3 Å². The minimum Gasteiger partial charge on any atom is -0.356 e. The van der Waals surface area contributed by atoms with Crippen LogP contribution >= 0.6 is 0 Å². The van der Waals surface area contributed by atoms with Gasteiger partial charge in [-0.15, -0.1) is 0 Å². The van der Waals surface area contributed by atoms with Crippen LogP contribution < -0.4 is 5.56 Å². The van der Waals surface area contributed by atoms with Gasteiger partial charge in [0.25, 0.3) is 11.5 Å². The third-order valence-corrected chi connectivity index (χ3v) is 5.42. The van der Waals surface area contributed by atoms with E-state index in [1.165, 1.54) is 0 Å². The SMILES string of the molecule is Cc1nc2c(c(=O)[nH]1)CN(C(=O)[C@H]1OCC(=O)N(C(C)C)[C@@H]1c1ccccc1)C2. The summed E-state index contributed by atoms with van der Waals surface area (Å²) in [5.74, 6) is 0.138. The molecule has 1 aromatic heterocycles. The lowest BCUT2D eigenvalue weighted by atomic mass is 9.95. The van der Waals surface area contributed by atoms with Gasteiger partial charge in [0.05, 0.1) is 30.4 Å². The van der Waals surface area contributed by atoms with Gasteiger partial charge >= 0.3 is 0 Å².